The fourth-order valence-corrected chi connectivity index (χ4v) is 13.1. The van der Waals surface area contributed by atoms with Crippen LogP contribution in [0, 0.1) is 14.3 Å². The van der Waals surface area contributed by atoms with Gasteiger partial charge in [0.05, 0.1) is 58.2 Å². The molecule has 0 heterocycles. The Bertz CT molecular complexity index is 1830. The molecule has 4 aromatic carbocycles. The van der Waals surface area contributed by atoms with E-state index >= 15 is 0 Å². The van der Waals surface area contributed by atoms with Crippen molar-refractivity contribution in [2.45, 2.75) is 182 Å². The predicted molar refractivity (Wildman–Crippen MR) is 285 cm³/mol. The number of hydrogen-bond donors (Lipinski definition) is 0. The van der Waals surface area contributed by atoms with E-state index < -0.39 is 31.7 Å². The molecular weight excluding hydrogens is 1170 g/mol. The zero-order chi connectivity index (χ0) is 52.4. The van der Waals surface area contributed by atoms with Crippen LogP contribution in [-0.2, 0) is 20.2 Å². The van der Waals surface area contributed by atoms with Gasteiger partial charge in [0.1, 0.15) is 23.0 Å². The standard InChI is InChI=1S/2C28H42IO2.C2H6O6S2/c2*1-3-5-7-9-11-13-23-30-27-19-15-25(16-20-27)29-26-17-21-28(22-18-26)31-24-14-12-10-8-6-4-2;3-9(4,5)1-2-10(6,7)8/h2*15-22H,3-14,23-24H2,1-2H3;1-2H2,(H,3,4,5)(H,6,7,8)/q2*+1;/p-2. The summed E-state index contributed by atoms with van der Waals surface area (Å²) in [5, 5.41) is 0. The number of hydrogen-bond acceptors (Lipinski definition) is 10. The van der Waals surface area contributed by atoms with E-state index in [2.05, 4.69) is 125 Å². The van der Waals surface area contributed by atoms with Crippen LogP contribution in [0.1, 0.15) is 182 Å². The van der Waals surface area contributed by atoms with Crippen molar-refractivity contribution in [3.05, 3.63) is 111 Å². The average molecular weight is 1260 g/mol. The second kappa shape index (κ2) is 42.6. The van der Waals surface area contributed by atoms with Crippen LogP contribution in [0.2, 0.25) is 0 Å². The van der Waals surface area contributed by atoms with E-state index in [0.29, 0.717) is 0 Å². The highest BCUT2D eigenvalue weighted by atomic mass is 127. The summed E-state index contributed by atoms with van der Waals surface area (Å²) >= 11 is -0.320. The molecule has 0 aliphatic rings. The summed E-state index contributed by atoms with van der Waals surface area (Å²) in [7, 11) is -9.17. The monoisotopic (exact) mass is 1260 g/mol. The molecule has 0 amide bonds. The Balaban J connectivity index is 0.000000415. The Hall–Kier alpha value is -2.64. The molecule has 0 aliphatic heterocycles. The van der Waals surface area contributed by atoms with Gasteiger partial charge in [0, 0.05) is 0 Å². The molecule has 0 bridgehead atoms. The smallest absolute Gasteiger partial charge is 0.357 e. The fourth-order valence-electron chi connectivity index (χ4n) is 7.12. The average Bonchev–Trinajstić information content (AvgIpc) is 3.36. The van der Waals surface area contributed by atoms with Crippen LogP contribution >= 0.6 is 0 Å². The normalized spacial score (nSPS) is 11.2. The quantitative estimate of drug-likeness (QED) is 0.0241. The van der Waals surface area contributed by atoms with Gasteiger partial charge in [-0.1, -0.05) is 156 Å². The van der Waals surface area contributed by atoms with Crippen molar-refractivity contribution in [3.63, 3.8) is 0 Å². The van der Waals surface area contributed by atoms with Crippen molar-refractivity contribution in [1.29, 1.82) is 0 Å². The lowest BCUT2D eigenvalue weighted by molar-refractivity contribution is -0.597. The molecule has 4 rings (SSSR count). The van der Waals surface area contributed by atoms with E-state index in [9.17, 15) is 25.9 Å². The zero-order valence-electron chi connectivity index (χ0n) is 44.1. The third-order valence-electron chi connectivity index (χ3n) is 11.3. The Morgan fingerprint density at radius 1 is 0.306 bits per heavy atom. The highest BCUT2D eigenvalue weighted by Crippen LogP contribution is 2.15. The van der Waals surface area contributed by atoms with Crippen molar-refractivity contribution in [2.75, 3.05) is 37.9 Å². The molecule has 10 nitrogen and oxygen atoms in total. The molecule has 4 aromatic rings. The summed E-state index contributed by atoms with van der Waals surface area (Å²) in [6.07, 6.45) is 31.2. The topological polar surface area (TPSA) is 151 Å². The number of ether oxygens (including phenoxy) is 4. The summed E-state index contributed by atoms with van der Waals surface area (Å²) in [6.45, 7) is 12.4. The largest absolute Gasteiger partial charge is 0.748 e. The van der Waals surface area contributed by atoms with Gasteiger partial charge in [-0.05, 0) is 123 Å². The SMILES string of the molecule is CCCCCCCCOc1ccc([I+]c2ccc(OCCCCCCCC)cc2)cc1.CCCCCCCCOc1ccc([I+]c2ccc(OCCCCCCCC)cc2)cc1.O=S(=O)([O-])CCS(=O)(=O)[O-]. The van der Waals surface area contributed by atoms with Gasteiger partial charge in [-0.3, -0.25) is 0 Å². The Morgan fingerprint density at radius 3 is 0.667 bits per heavy atom. The van der Waals surface area contributed by atoms with Crippen LogP contribution in [0.15, 0.2) is 97.1 Å². The summed E-state index contributed by atoms with van der Waals surface area (Å²) < 4.78 is 87.6. The zero-order valence-corrected chi connectivity index (χ0v) is 50.1. The third-order valence-corrected chi connectivity index (χ3v) is 18.4. The number of unbranched alkanes of at least 4 members (excludes halogenated alkanes) is 20. The summed E-state index contributed by atoms with van der Waals surface area (Å²) in [6, 6.07) is 34.9. The molecule has 0 atom stereocenters. The predicted octanol–water partition coefficient (Wildman–Crippen LogP) is 8.66. The van der Waals surface area contributed by atoms with Crippen molar-refractivity contribution >= 4 is 20.2 Å². The first-order valence-electron chi connectivity index (χ1n) is 26.9. The van der Waals surface area contributed by atoms with Gasteiger partial charge < -0.3 is 28.1 Å². The van der Waals surface area contributed by atoms with Gasteiger partial charge in [-0.25, -0.2) is 16.8 Å². The van der Waals surface area contributed by atoms with Gasteiger partial charge >= 0.3 is 42.4 Å². The van der Waals surface area contributed by atoms with Crippen LogP contribution in [0.4, 0.5) is 0 Å². The minimum Gasteiger partial charge on any atom is -0.748 e. The van der Waals surface area contributed by atoms with Crippen molar-refractivity contribution in [1.82, 2.24) is 0 Å². The highest BCUT2D eigenvalue weighted by Gasteiger charge is 2.17. The maximum Gasteiger partial charge on any atom is 0.357 e. The Kier molecular flexibility index (Phi) is 38.7. The van der Waals surface area contributed by atoms with Crippen LogP contribution in [0.25, 0.3) is 0 Å². The lowest BCUT2D eigenvalue weighted by Gasteiger charge is -2.08. The van der Waals surface area contributed by atoms with Crippen LogP contribution in [0.3, 0.4) is 0 Å². The molecule has 0 saturated carbocycles. The van der Waals surface area contributed by atoms with Crippen molar-refractivity contribution in [3.8, 4) is 23.0 Å². The van der Waals surface area contributed by atoms with E-state index in [1.54, 1.807) is 0 Å². The van der Waals surface area contributed by atoms with Crippen molar-refractivity contribution in [2.24, 2.45) is 0 Å². The van der Waals surface area contributed by atoms with Gasteiger partial charge in [0.25, 0.3) is 0 Å². The Labute approximate surface area is 458 Å². The summed E-state index contributed by atoms with van der Waals surface area (Å²) in [5.41, 5.74) is 0. The molecule has 14 heteroatoms. The molecule has 0 unspecified atom stereocenters. The molecule has 406 valence electrons. The minimum atomic E-state index is -4.59. The fraction of sp³-hybridized carbons (Fsp3) is 0.586. The van der Waals surface area contributed by atoms with Gasteiger partial charge in [0.2, 0.25) is 0 Å². The summed E-state index contributed by atoms with van der Waals surface area (Å²) in [5.74, 6) is 1.69. The second-order valence-corrected chi connectivity index (χ2v) is 27.1. The van der Waals surface area contributed by atoms with Gasteiger partial charge in [-0.15, -0.1) is 0 Å². The van der Waals surface area contributed by atoms with E-state index in [4.69, 9.17) is 18.9 Å². The first kappa shape index (κ1) is 65.5. The molecule has 0 N–H and O–H groups in total. The molecule has 0 radical (unpaired) electrons. The van der Waals surface area contributed by atoms with E-state index in [1.807, 2.05) is 0 Å². The highest BCUT2D eigenvalue weighted by molar-refractivity contribution is 7.89. The van der Waals surface area contributed by atoms with Crippen LogP contribution < -0.4 is 61.4 Å². The number of benzene rings is 4. The molecule has 72 heavy (non-hydrogen) atoms. The number of rotatable bonds is 39. The maximum atomic E-state index is 9.72. The minimum absolute atomic E-state index is 0.160. The van der Waals surface area contributed by atoms with Gasteiger partial charge in [-0.2, -0.15) is 0 Å². The van der Waals surface area contributed by atoms with Crippen LogP contribution in [0.5, 0.6) is 23.0 Å². The molecule has 0 spiro atoms. The molecule has 0 aromatic heterocycles. The lowest BCUT2D eigenvalue weighted by atomic mass is 10.1. The van der Waals surface area contributed by atoms with E-state index in [-0.39, 0.29) is 42.4 Å². The summed E-state index contributed by atoms with van der Waals surface area (Å²) in [4.78, 5) is 0. The van der Waals surface area contributed by atoms with Crippen molar-refractivity contribution < 1.29 is 87.3 Å². The maximum absolute atomic E-state index is 9.72. The van der Waals surface area contributed by atoms with E-state index in [1.165, 1.54) is 143 Å². The first-order valence-corrected chi connectivity index (χ1v) is 34.4. The molecule has 0 saturated heterocycles. The first-order chi connectivity index (χ1) is 34.8. The number of halogens is 2. The lowest BCUT2D eigenvalue weighted by Crippen LogP contribution is -3.61. The Morgan fingerprint density at radius 2 is 0.486 bits per heavy atom. The molecular formula is C58H88I2O10S2. The van der Waals surface area contributed by atoms with Gasteiger partial charge in [0.15, 0.2) is 14.3 Å². The molecule has 0 aliphatic carbocycles. The molecule has 0 fully saturated rings. The third kappa shape index (κ3) is 38.0. The van der Waals surface area contributed by atoms with E-state index in [0.717, 1.165) is 75.1 Å². The second-order valence-electron chi connectivity index (χ2n) is 18.0. The van der Waals surface area contributed by atoms with Crippen LogP contribution in [-0.4, -0.2) is 63.9 Å².